The molecule has 1 N–H and O–H groups in total. The van der Waals surface area contributed by atoms with Gasteiger partial charge < -0.3 is 5.11 Å². The minimum absolute atomic E-state index is 0.294. The van der Waals surface area contributed by atoms with Crippen LogP contribution in [-0.2, 0) is 11.2 Å². The van der Waals surface area contributed by atoms with E-state index in [2.05, 4.69) is 0 Å². The molecule has 0 spiro atoms. The second-order valence-electron chi connectivity index (χ2n) is 5.49. The van der Waals surface area contributed by atoms with Crippen molar-refractivity contribution >= 4 is 17.6 Å². The molecule has 0 amide bonds. The SMILES string of the molecule is O=C(O)C(Cc1ccccc1Cl)C1CCCCCC1. The molecule has 1 atom stereocenters. The van der Waals surface area contributed by atoms with Gasteiger partial charge in [-0.3, -0.25) is 4.79 Å². The Bertz CT molecular complexity index is 423. The molecular formula is C16H21ClO2. The lowest BCUT2D eigenvalue weighted by atomic mass is 9.82. The maximum absolute atomic E-state index is 11.6. The molecule has 2 nitrogen and oxygen atoms in total. The number of carbonyl (C=O) groups is 1. The normalized spacial score (nSPS) is 18.8. The van der Waals surface area contributed by atoms with E-state index in [-0.39, 0.29) is 5.92 Å². The van der Waals surface area contributed by atoms with Gasteiger partial charge in [0.25, 0.3) is 0 Å². The van der Waals surface area contributed by atoms with E-state index < -0.39 is 5.97 Å². The first kappa shape index (κ1) is 14.4. The molecule has 2 rings (SSSR count). The minimum Gasteiger partial charge on any atom is -0.481 e. The summed E-state index contributed by atoms with van der Waals surface area (Å²) in [6, 6.07) is 7.58. The van der Waals surface area contributed by atoms with Crippen LogP contribution in [0.1, 0.15) is 44.1 Å². The highest BCUT2D eigenvalue weighted by atomic mass is 35.5. The molecule has 1 aliphatic carbocycles. The van der Waals surface area contributed by atoms with Crippen molar-refractivity contribution in [2.75, 3.05) is 0 Å². The van der Waals surface area contributed by atoms with Crippen molar-refractivity contribution in [1.29, 1.82) is 0 Å². The van der Waals surface area contributed by atoms with E-state index in [0.717, 1.165) is 31.2 Å². The van der Waals surface area contributed by atoms with E-state index >= 15 is 0 Å². The summed E-state index contributed by atoms with van der Waals surface area (Å²) < 4.78 is 0. The van der Waals surface area contributed by atoms with Gasteiger partial charge >= 0.3 is 5.97 Å². The van der Waals surface area contributed by atoms with Crippen LogP contribution in [0, 0.1) is 11.8 Å². The Morgan fingerprint density at radius 2 is 1.84 bits per heavy atom. The summed E-state index contributed by atoms with van der Waals surface area (Å²) in [5.41, 5.74) is 0.959. The lowest BCUT2D eigenvalue weighted by molar-refractivity contribution is -0.143. The number of carboxylic acid groups (broad SMARTS) is 1. The Morgan fingerprint density at radius 1 is 1.21 bits per heavy atom. The van der Waals surface area contributed by atoms with Crippen LogP contribution in [0.4, 0.5) is 0 Å². The van der Waals surface area contributed by atoms with Crippen molar-refractivity contribution in [3.8, 4) is 0 Å². The van der Waals surface area contributed by atoms with Crippen molar-refractivity contribution in [2.45, 2.75) is 44.9 Å². The Morgan fingerprint density at radius 3 is 2.42 bits per heavy atom. The number of aliphatic carboxylic acids is 1. The van der Waals surface area contributed by atoms with Crippen molar-refractivity contribution in [3.63, 3.8) is 0 Å². The average molecular weight is 281 g/mol. The molecule has 0 heterocycles. The summed E-state index contributed by atoms with van der Waals surface area (Å²) in [5, 5.41) is 10.2. The largest absolute Gasteiger partial charge is 0.481 e. The highest BCUT2D eigenvalue weighted by Gasteiger charge is 2.29. The fourth-order valence-electron chi connectivity index (χ4n) is 3.07. The number of rotatable bonds is 4. The summed E-state index contributed by atoms with van der Waals surface area (Å²) in [7, 11) is 0. The van der Waals surface area contributed by atoms with E-state index in [1.165, 1.54) is 12.8 Å². The lowest BCUT2D eigenvalue weighted by Crippen LogP contribution is -2.25. The van der Waals surface area contributed by atoms with Gasteiger partial charge in [0.1, 0.15) is 0 Å². The van der Waals surface area contributed by atoms with Gasteiger partial charge in [0.05, 0.1) is 5.92 Å². The molecule has 1 fully saturated rings. The first-order chi connectivity index (χ1) is 9.18. The van der Waals surface area contributed by atoms with Gasteiger partial charge in [-0.05, 0) is 36.8 Å². The topological polar surface area (TPSA) is 37.3 Å². The summed E-state index contributed by atoms with van der Waals surface area (Å²) >= 11 is 6.15. The molecule has 0 aliphatic heterocycles. The number of hydrogen-bond donors (Lipinski definition) is 1. The van der Waals surface area contributed by atoms with Crippen LogP contribution in [0.2, 0.25) is 5.02 Å². The average Bonchev–Trinajstić information content (AvgIpc) is 2.66. The van der Waals surface area contributed by atoms with Crippen LogP contribution in [0.5, 0.6) is 0 Å². The van der Waals surface area contributed by atoms with Crippen LogP contribution in [0.3, 0.4) is 0 Å². The van der Waals surface area contributed by atoms with Crippen LogP contribution in [0.25, 0.3) is 0 Å². The highest BCUT2D eigenvalue weighted by molar-refractivity contribution is 6.31. The quantitative estimate of drug-likeness (QED) is 0.821. The maximum Gasteiger partial charge on any atom is 0.307 e. The standard InChI is InChI=1S/C16H21ClO2/c17-15-10-6-5-9-13(15)11-14(16(18)19)12-7-3-1-2-4-8-12/h5-6,9-10,12,14H,1-4,7-8,11H2,(H,18,19). The molecule has 1 aromatic carbocycles. The lowest BCUT2D eigenvalue weighted by Gasteiger charge is -2.23. The predicted molar refractivity (Wildman–Crippen MR) is 77.5 cm³/mol. The molecule has 0 radical (unpaired) electrons. The summed E-state index contributed by atoms with van der Waals surface area (Å²) in [6.45, 7) is 0. The van der Waals surface area contributed by atoms with Crippen molar-refractivity contribution < 1.29 is 9.90 Å². The van der Waals surface area contributed by atoms with Crippen molar-refractivity contribution in [1.82, 2.24) is 0 Å². The molecule has 3 heteroatoms. The molecule has 0 bridgehead atoms. The van der Waals surface area contributed by atoms with Crippen LogP contribution >= 0.6 is 11.6 Å². The van der Waals surface area contributed by atoms with Crippen LogP contribution < -0.4 is 0 Å². The first-order valence-electron chi connectivity index (χ1n) is 7.14. The molecule has 1 unspecified atom stereocenters. The maximum atomic E-state index is 11.6. The van der Waals surface area contributed by atoms with E-state index in [1.54, 1.807) is 0 Å². The molecule has 1 aromatic rings. The number of benzene rings is 1. The third kappa shape index (κ3) is 3.97. The summed E-state index contributed by atoms with van der Waals surface area (Å²) in [5.74, 6) is -0.666. The van der Waals surface area contributed by atoms with Gasteiger partial charge in [-0.1, -0.05) is 55.5 Å². The fraction of sp³-hybridized carbons (Fsp3) is 0.562. The zero-order valence-electron chi connectivity index (χ0n) is 11.1. The predicted octanol–water partition coefficient (Wildman–Crippen LogP) is 4.55. The Labute approximate surface area is 119 Å². The summed E-state index contributed by atoms with van der Waals surface area (Å²) in [4.78, 5) is 11.6. The van der Waals surface area contributed by atoms with Gasteiger partial charge in [0, 0.05) is 5.02 Å². The Kier molecular flexibility index (Phi) is 5.26. The van der Waals surface area contributed by atoms with Gasteiger partial charge in [-0.15, -0.1) is 0 Å². The number of carboxylic acids is 1. The smallest absolute Gasteiger partial charge is 0.307 e. The summed E-state index contributed by atoms with van der Waals surface area (Å²) in [6.07, 6.45) is 7.46. The van der Waals surface area contributed by atoms with Gasteiger partial charge in [0.15, 0.2) is 0 Å². The molecule has 0 saturated heterocycles. The monoisotopic (exact) mass is 280 g/mol. The van der Waals surface area contributed by atoms with Gasteiger partial charge in [0.2, 0.25) is 0 Å². The van der Waals surface area contributed by atoms with Crippen molar-refractivity contribution in [2.24, 2.45) is 11.8 Å². The third-order valence-electron chi connectivity index (χ3n) is 4.18. The van der Waals surface area contributed by atoms with E-state index in [0.29, 0.717) is 17.4 Å². The van der Waals surface area contributed by atoms with E-state index in [4.69, 9.17) is 11.6 Å². The second kappa shape index (κ2) is 6.95. The Hall–Kier alpha value is -1.02. The Balaban J connectivity index is 2.11. The van der Waals surface area contributed by atoms with Crippen LogP contribution in [-0.4, -0.2) is 11.1 Å². The molecule has 19 heavy (non-hydrogen) atoms. The number of hydrogen-bond acceptors (Lipinski definition) is 1. The molecule has 0 aromatic heterocycles. The van der Waals surface area contributed by atoms with Crippen molar-refractivity contribution in [3.05, 3.63) is 34.9 Å². The second-order valence-corrected chi connectivity index (χ2v) is 5.90. The molecule has 1 aliphatic rings. The minimum atomic E-state index is -0.674. The first-order valence-corrected chi connectivity index (χ1v) is 7.52. The molecule has 104 valence electrons. The zero-order valence-corrected chi connectivity index (χ0v) is 11.9. The van der Waals surface area contributed by atoms with Gasteiger partial charge in [-0.2, -0.15) is 0 Å². The van der Waals surface area contributed by atoms with Gasteiger partial charge in [-0.25, -0.2) is 0 Å². The van der Waals surface area contributed by atoms with E-state index in [9.17, 15) is 9.90 Å². The number of halogens is 1. The zero-order chi connectivity index (χ0) is 13.7. The van der Waals surface area contributed by atoms with E-state index in [1.807, 2.05) is 24.3 Å². The third-order valence-corrected chi connectivity index (χ3v) is 4.55. The van der Waals surface area contributed by atoms with Crippen LogP contribution in [0.15, 0.2) is 24.3 Å². The molecular weight excluding hydrogens is 260 g/mol. The highest BCUT2D eigenvalue weighted by Crippen LogP contribution is 2.32. The molecule has 1 saturated carbocycles. The fourth-order valence-corrected chi connectivity index (χ4v) is 3.28.